The first-order chi connectivity index (χ1) is 14.0. The second-order valence-electron chi connectivity index (χ2n) is 8.43. The van der Waals surface area contributed by atoms with Gasteiger partial charge in [0, 0.05) is 30.4 Å². The minimum Gasteiger partial charge on any atom is -0.506 e. The smallest absolute Gasteiger partial charge is 0.144 e. The molecule has 0 aliphatic carbocycles. The Balaban J connectivity index is 1.47. The van der Waals surface area contributed by atoms with Gasteiger partial charge < -0.3 is 19.5 Å². The lowest BCUT2D eigenvalue weighted by atomic mass is 9.88. The van der Waals surface area contributed by atoms with Gasteiger partial charge >= 0.3 is 0 Å². The van der Waals surface area contributed by atoms with Crippen LogP contribution >= 0.6 is 0 Å². The van der Waals surface area contributed by atoms with E-state index in [0.29, 0.717) is 25.5 Å². The molecular weight excluding hydrogens is 366 g/mol. The molecular formula is C23H31N3O3. The first-order valence-corrected chi connectivity index (χ1v) is 10.4. The van der Waals surface area contributed by atoms with Crippen LogP contribution in [0.1, 0.15) is 42.1 Å². The number of benzene rings is 1. The summed E-state index contributed by atoms with van der Waals surface area (Å²) in [6, 6.07) is 8.09. The van der Waals surface area contributed by atoms with Gasteiger partial charge in [0.1, 0.15) is 23.7 Å². The van der Waals surface area contributed by atoms with Gasteiger partial charge in [0.15, 0.2) is 0 Å². The zero-order valence-electron chi connectivity index (χ0n) is 17.6. The SMILES string of the molecule is CN(C)Cc1ncc2c(c1O)COC2(C)c1ccc(OCCN2CCCC2)cc1. The second-order valence-corrected chi connectivity index (χ2v) is 8.43. The number of hydrogen-bond acceptors (Lipinski definition) is 6. The van der Waals surface area contributed by atoms with Crippen molar-refractivity contribution in [2.75, 3.05) is 40.3 Å². The van der Waals surface area contributed by atoms with Crippen LogP contribution in [0.15, 0.2) is 30.5 Å². The summed E-state index contributed by atoms with van der Waals surface area (Å²) in [6.45, 7) is 7.09. The van der Waals surface area contributed by atoms with Gasteiger partial charge in [-0.2, -0.15) is 0 Å². The van der Waals surface area contributed by atoms with Gasteiger partial charge in [0.25, 0.3) is 0 Å². The number of ether oxygens (including phenoxy) is 2. The summed E-state index contributed by atoms with van der Waals surface area (Å²) >= 11 is 0. The number of nitrogens with zero attached hydrogens (tertiary/aromatic N) is 3. The van der Waals surface area contributed by atoms with E-state index in [1.807, 2.05) is 56.4 Å². The predicted molar refractivity (Wildman–Crippen MR) is 112 cm³/mol. The van der Waals surface area contributed by atoms with E-state index < -0.39 is 5.60 Å². The fourth-order valence-corrected chi connectivity index (χ4v) is 4.26. The van der Waals surface area contributed by atoms with E-state index in [0.717, 1.165) is 29.0 Å². The summed E-state index contributed by atoms with van der Waals surface area (Å²) < 4.78 is 12.1. The zero-order chi connectivity index (χ0) is 20.4. The molecule has 1 fully saturated rings. The van der Waals surface area contributed by atoms with Crippen molar-refractivity contribution in [2.24, 2.45) is 0 Å². The zero-order valence-corrected chi connectivity index (χ0v) is 17.6. The van der Waals surface area contributed by atoms with Crippen molar-refractivity contribution in [3.63, 3.8) is 0 Å². The molecule has 1 atom stereocenters. The predicted octanol–water partition coefficient (Wildman–Crippen LogP) is 3.12. The third-order valence-corrected chi connectivity index (χ3v) is 6.00. The van der Waals surface area contributed by atoms with Crippen molar-refractivity contribution < 1.29 is 14.6 Å². The van der Waals surface area contributed by atoms with Crippen molar-refractivity contribution in [3.05, 3.63) is 52.8 Å². The van der Waals surface area contributed by atoms with Crippen molar-refractivity contribution in [2.45, 2.75) is 38.5 Å². The molecule has 1 saturated heterocycles. The molecule has 3 heterocycles. The summed E-state index contributed by atoms with van der Waals surface area (Å²) in [5, 5.41) is 10.7. The molecule has 0 amide bonds. The van der Waals surface area contributed by atoms with Crippen LogP contribution in [0, 0.1) is 0 Å². The molecule has 2 aliphatic heterocycles. The van der Waals surface area contributed by atoms with Crippen LogP contribution in [0.2, 0.25) is 0 Å². The lowest BCUT2D eigenvalue weighted by Gasteiger charge is -2.25. The highest BCUT2D eigenvalue weighted by Crippen LogP contribution is 2.45. The van der Waals surface area contributed by atoms with E-state index in [1.54, 1.807) is 0 Å². The molecule has 156 valence electrons. The maximum Gasteiger partial charge on any atom is 0.144 e. The van der Waals surface area contributed by atoms with Gasteiger partial charge in [-0.1, -0.05) is 12.1 Å². The third-order valence-electron chi connectivity index (χ3n) is 6.00. The van der Waals surface area contributed by atoms with Crippen molar-refractivity contribution >= 4 is 0 Å². The Bertz CT molecular complexity index is 847. The number of aromatic hydroxyl groups is 1. The average Bonchev–Trinajstić information content (AvgIpc) is 3.33. The summed E-state index contributed by atoms with van der Waals surface area (Å²) in [6.07, 6.45) is 4.45. The van der Waals surface area contributed by atoms with Crippen LogP contribution < -0.4 is 4.74 Å². The summed E-state index contributed by atoms with van der Waals surface area (Å²) in [5.41, 5.74) is 2.86. The highest BCUT2D eigenvalue weighted by molar-refractivity contribution is 5.50. The van der Waals surface area contributed by atoms with Gasteiger partial charge in [-0.3, -0.25) is 9.88 Å². The molecule has 4 rings (SSSR count). The average molecular weight is 398 g/mol. The third kappa shape index (κ3) is 4.10. The Labute approximate surface area is 173 Å². The van der Waals surface area contributed by atoms with Crippen molar-refractivity contribution in [1.82, 2.24) is 14.8 Å². The molecule has 1 unspecified atom stereocenters. The fraction of sp³-hybridized carbons (Fsp3) is 0.522. The Morgan fingerprint density at radius 3 is 2.62 bits per heavy atom. The Hall–Kier alpha value is -2.15. The first kappa shape index (κ1) is 20.1. The Morgan fingerprint density at radius 1 is 1.21 bits per heavy atom. The van der Waals surface area contributed by atoms with Gasteiger partial charge in [0.2, 0.25) is 0 Å². The van der Waals surface area contributed by atoms with Crippen LogP contribution in [0.25, 0.3) is 0 Å². The second kappa shape index (κ2) is 8.30. The van der Waals surface area contributed by atoms with Crippen LogP contribution in [0.3, 0.4) is 0 Å². The number of hydrogen-bond donors (Lipinski definition) is 1. The summed E-state index contributed by atoms with van der Waals surface area (Å²) in [5.74, 6) is 1.12. The maximum atomic E-state index is 10.7. The van der Waals surface area contributed by atoms with Gasteiger partial charge in [-0.15, -0.1) is 0 Å². The number of fused-ring (bicyclic) bond motifs is 1. The van der Waals surface area contributed by atoms with Gasteiger partial charge in [0.05, 0.1) is 12.3 Å². The topological polar surface area (TPSA) is 58.1 Å². The lowest BCUT2D eigenvalue weighted by Crippen LogP contribution is -2.25. The van der Waals surface area contributed by atoms with Gasteiger partial charge in [-0.25, -0.2) is 0 Å². The molecule has 0 radical (unpaired) electrons. The first-order valence-electron chi connectivity index (χ1n) is 10.4. The molecule has 6 nitrogen and oxygen atoms in total. The van der Waals surface area contributed by atoms with Crippen LogP contribution in [0.5, 0.6) is 11.5 Å². The van der Waals surface area contributed by atoms with E-state index in [9.17, 15) is 5.11 Å². The maximum absolute atomic E-state index is 10.7. The summed E-state index contributed by atoms with van der Waals surface area (Å²) in [4.78, 5) is 8.94. The lowest BCUT2D eigenvalue weighted by molar-refractivity contribution is 0.00930. The Kier molecular flexibility index (Phi) is 5.76. The molecule has 0 spiro atoms. The monoisotopic (exact) mass is 397 g/mol. The fourth-order valence-electron chi connectivity index (χ4n) is 4.26. The number of pyridine rings is 1. The van der Waals surface area contributed by atoms with E-state index in [2.05, 4.69) is 9.88 Å². The molecule has 6 heteroatoms. The van der Waals surface area contributed by atoms with Crippen molar-refractivity contribution in [3.8, 4) is 11.5 Å². The standard InChI is InChI=1S/C23H31N3O3/c1-23(20-14-24-21(15-25(2)3)22(27)19(20)16-29-23)17-6-8-18(9-7-17)28-13-12-26-10-4-5-11-26/h6-9,14,27H,4-5,10-13,15-16H2,1-3H3. The molecule has 2 aromatic rings. The number of likely N-dealkylation sites (tertiary alicyclic amines) is 1. The molecule has 1 aromatic heterocycles. The van der Waals surface area contributed by atoms with E-state index in [4.69, 9.17) is 9.47 Å². The highest BCUT2D eigenvalue weighted by Gasteiger charge is 2.39. The van der Waals surface area contributed by atoms with Crippen LogP contribution in [-0.2, 0) is 23.5 Å². The molecule has 2 aliphatic rings. The minimum atomic E-state index is -0.620. The minimum absolute atomic E-state index is 0.252. The Morgan fingerprint density at radius 2 is 1.93 bits per heavy atom. The largest absolute Gasteiger partial charge is 0.506 e. The highest BCUT2D eigenvalue weighted by atomic mass is 16.5. The van der Waals surface area contributed by atoms with E-state index in [-0.39, 0.29) is 5.75 Å². The van der Waals surface area contributed by atoms with Crippen molar-refractivity contribution in [1.29, 1.82) is 0 Å². The molecule has 29 heavy (non-hydrogen) atoms. The van der Waals surface area contributed by atoms with E-state index >= 15 is 0 Å². The number of aromatic nitrogens is 1. The van der Waals surface area contributed by atoms with Crippen LogP contribution in [0.4, 0.5) is 0 Å². The summed E-state index contributed by atoms with van der Waals surface area (Å²) in [7, 11) is 3.92. The van der Waals surface area contributed by atoms with Gasteiger partial charge in [-0.05, 0) is 64.6 Å². The number of rotatable bonds is 7. The quantitative estimate of drug-likeness (QED) is 0.775. The normalized spacial score (nSPS) is 21.7. The molecule has 0 saturated carbocycles. The molecule has 1 N–H and O–H groups in total. The van der Waals surface area contributed by atoms with Crippen LogP contribution in [-0.4, -0.2) is 60.2 Å². The van der Waals surface area contributed by atoms with E-state index in [1.165, 1.54) is 25.9 Å². The molecule has 0 bridgehead atoms. The molecule has 1 aromatic carbocycles.